The van der Waals surface area contributed by atoms with Crippen molar-refractivity contribution in [2.75, 3.05) is 19.7 Å². The fourth-order valence-corrected chi connectivity index (χ4v) is 2.56. The molecule has 3 N–H and O–H groups in total. The van der Waals surface area contributed by atoms with E-state index < -0.39 is 0 Å². The van der Waals surface area contributed by atoms with Gasteiger partial charge in [0.1, 0.15) is 0 Å². The van der Waals surface area contributed by atoms with E-state index in [0.717, 1.165) is 26.1 Å². The predicted octanol–water partition coefficient (Wildman–Crippen LogP) is 1.99. The first-order valence-corrected chi connectivity index (χ1v) is 6.74. The summed E-state index contributed by atoms with van der Waals surface area (Å²) in [6.45, 7) is 9.14. The standard InChI is InChI=1S/C15H24N2O/c1-10-4-5-14(12(3)11(10)2)15(16)8-13-9-17-6-7-18-13/h4-5,13,15,17H,6-9,16H2,1-3H3. The molecule has 1 heterocycles. The van der Waals surface area contributed by atoms with Crippen LogP contribution in [0.5, 0.6) is 0 Å². The molecule has 3 nitrogen and oxygen atoms in total. The molecule has 1 fully saturated rings. The summed E-state index contributed by atoms with van der Waals surface area (Å²) in [5, 5.41) is 3.35. The number of hydrogen-bond acceptors (Lipinski definition) is 3. The van der Waals surface area contributed by atoms with Crippen molar-refractivity contribution in [2.45, 2.75) is 39.3 Å². The lowest BCUT2D eigenvalue weighted by atomic mass is 9.92. The van der Waals surface area contributed by atoms with E-state index in [1.54, 1.807) is 0 Å². The van der Waals surface area contributed by atoms with E-state index >= 15 is 0 Å². The third-order valence-electron chi connectivity index (χ3n) is 4.02. The van der Waals surface area contributed by atoms with Crippen molar-refractivity contribution < 1.29 is 4.74 Å². The summed E-state index contributed by atoms with van der Waals surface area (Å²) < 4.78 is 5.72. The smallest absolute Gasteiger partial charge is 0.0718 e. The molecular formula is C15H24N2O. The number of benzene rings is 1. The highest BCUT2D eigenvalue weighted by atomic mass is 16.5. The highest BCUT2D eigenvalue weighted by molar-refractivity contribution is 5.40. The second kappa shape index (κ2) is 5.83. The number of hydrogen-bond donors (Lipinski definition) is 2. The van der Waals surface area contributed by atoms with E-state index in [1.165, 1.54) is 22.3 Å². The fraction of sp³-hybridized carbons (Fsp3) is 0.600. The average molecular weight is 248 g/mol. The Labute approximate surface area is 110 Å². The molecule has 0 spiro atoms. The van der Waals surface area contributed by atoms with Crippen LogP contribution in [0.25, 0.3) is 0 Å². The summed E-state index contributed by atoms with van der Waals surface area (Å²) in [6.07, 6.45) is 1.13. The molecule has 1 saturated heterocycles. The number of rotatable bonds is 3. The van der Waals surface area contributed by atoms with Gasteiger partial charge in [0.15, 0.2) is 0 Å². The summed E-state index contributed by atoms with van der Waals surface area (Å²) >= 11 is 0. The largest absolute Gasteiger partial charge is 0.376 e. The Morgan fingerprint density at radius 1 is 1.33 bits per heavy atom. The number of nitrogens with one attached hydrogen (secondary N) is 1. The second-order valence-electron chi connectivity index (χ2n) is 5.26. The molecule has 0 bridgehead atoms. The molecule has 1 aliphatic rings. The summed E-state index contributed by atoms with van der Waals surface area (Å²) in [4.78, 5) is 0. The fourth-order valence-electron chi connectivity index (χ4n) is 2.56. The molecular weight excluding hydrogens is 224 g/mol. The van der Waals surface area contributed by atoms with Crippen LogP contribution >= 0.6 is 0 Å². The maximum absolute atomic E-state index is 6.34. The third-order valence-corrected chi connectivity index (χ3v) is 4.02. The van der Waals surface area contributed by atoms with Crippen LogP contribution < -0.4 is 11.1 Å². The van der Waals surface area contributed by atoms with Crippen molar-refractivity contribution in [2.24, 2.45) is 5.73 Å². The Balaban J connectivity index is 2.08. The molecule has 1 aliphatic heterocycles. The Bertz CT molecular complexity index is 411. The van der Waals surface area contributed by atoms with E-state index in [2.05, 4.69) is 38.2 Å². The van der Waals surface area contributed by atoms with Gasteiger partial charge in [-0.1, -0.05) is 12.1 Å². The molecule has 1 aromatic carbocycles. The van der Waals surface area contributed by atoms with Crippen molar-refractivity contribution in [3.8, 4) is 0 Å². The first-order chi connectivity index (χ1) is 8.59. The van der Waals surface area contributed by atoms with Gasteiger partial charge in [0.05, 0.1) is 12.7 Å². The molecule has 0 aliphatic carbocycles. The number of aryl methyl sites for hydroxylation is 1. The zero-order valence-corrected chi connectivity index (χ0v) is 11.6. The van der Waals surface area contributed by atoms with E-state index in [9.17, 15) is 0 Å². The van der Waals surface area contributed by atoms with Gasteiger partial charge in [-0.2, -0.15) is 0 Å². The quantitative estimate of drug-likeness (QED) is 0.860. The van der Waals surface area contributed by atoms with E-state index in [-0.39, 0.29) is 12.1 Å². The minimum atomic E-state index is 0.0641. The zero-order valence-electron chi connectivity index (χ0n) is 11.6. The van der Waals surface area contributed by atoms with Gasteiger partial charge in [0.2, 0.25) is 0 Å². The molecule has 2 atom stereocenters. The summed E-state index contributed by atoms with van der Waals surface area (Å²) in [5.41, 5.74) is 11.6. The van der Waals surface area contributed by atoms with Gasteiger partial charge >= 0.3 is 0 Å². The Kier molecular flexibility index (Phi) is 4.38. The maximum Gasteiger partial charge on any atom is 0.0718 e. The molecule has 1 aromatic rings. The lowest BCUT2D eigenvalue weighted by Crippen LogP contribution is -2.40. The average Bonchev–Trinajstić information content (AvgIpc) is 2.37. The SMILES string of the molecule is Cc1ccc(C(N)CC2CNCCO2)c(C)c1C. The summed E-state index contributed by atoms with van der Waals surface area (Å²) in [7, 11) is 0. The lowest BCUT2D eigenvalue weighted by Gasteiger charge is -2.27. The minimum absolute atomic E-state index is 0.0641. The molecule has 2 rings (SSSR count). The van der Waals surface area contributed by atoms with Gasteiger partial charge in [-0.3, -0.25) is 0 Å². The van der Waals surface area contributed by atoms with Crippen LogP contribution in [0.15, 0.2) is 12.1 Å². The van der Waals surface area contributed by atoms with Crippen LogP contribution in [0.3, 0.4) is 0 Å². The molecule has 0 radical (unpaired) electrons. The number of ether oxygens (including phenoxy) is 1. The number of morpholine rings is 1. The lowest BCUT2D eigenvalue weighted by molar-refractivity contribution is 0.0195. The van der Waals surface area contributed by atoms with Crippen LogP contribution in [0.1, 0.15) is 34.7 Å². The Morgan fingerprint density at radius 3 is 2.78 bits per heavy atom. The first kappa shape index (κ1) is 13.5. The number of nitrogens with two attached hydrogens (primary N) is 1. The van der Waals surface area contributed by atoms with Gasteiger partial charge in [-0.25, -0.2) is 0 Å². The van der Waals surface area contributed by atoms with Crippen LogP contribution in [0.4, 0.5) is 0 Å². The van der Waals surface area contributed by atoms with E-state index in [4.69, 9.17) is 10.5 Å². The summed E-state index contributed by atoms with van der Waals surface area (Å²) in [6, 6.07) is 4.39. The normalized spacial score (nSPS) is 21.9. The molecule has 0 aromatic heterocycles. The third kappa shape index (κ3) is 2.91. The van der Waals surface area contributed by atoms with Gasteiger partial charge < -0.3 is 15.8 Å². The molecule has 0 amide bonds. The molecule has 18 heavy (non-hydrogen) atoms. The van der Waals surface area contributed by atoms with Crippen molar-refractivity contribution in [3.05, 3.63) is 34.4 Å². The molecule has 2 unspecified atom stereocenters. The van der Waals surface area contributed by atoms with E-state index in [0.29, 0.717) is 0 Å². The van der Waals surface area contributed by atoms with Gasteiger partial charge in [0, 0.05) is 19.1 Å². The zero-order chi connectivity index (χ0) is 13.1. The van der Waals surface area contributed by atoms with Crippen molar-refractivity contribution in [1.82, 2.24) is 5.32 Å². The maximum atomic E-state index is 6.34. The minimum Gasteiger partial charge on any atom is -0.376 e. The monoisotopic (exact) mass is 248 g/mol. The predicted molar refractivity (Wildman–Crippen MR) is 74.8 cm³/mol. The highest BCUT2D eigenvalue weighted by Crippen LogP contribution is 2.25. The van der Waals surface area contributed by atoms with Crippen LogP contribution in [0, 0.1) is 20.8 Å². The highest BCUT2D eigenvalue weighted by Gasteiger charge is 2.19. The van der Waals surface area contributed by atoms with Gasteiger partial charge in [-0.05, 0) is 49.4 Å². The molecule has 100 valence electrons. The molecule has 3 heteroatoms. The Hall–Kier alpha value is -0.900. The first-order valence-electron chi connectivity index (χ1n) is 6.74. The molecule has 0 saturated carbocycles. The van der Waals surface area contributed by atoms with Gasteiger partial charge in [-0.15, -0.1) is 0 Å². The van der Waals surface area contributed by atoms with Crippen LogP contribution in [0.2, 0.25) is 0 Å². The second-order valence-corrected chi connectivity index (χ2v) is 5.26. The van der Waals surface area contributed by atoms with Crippen molar-refractivity contribution in [3.63, 3.8) is 0 Å². The summed E-state index contributed by atoms with van der Waals surface area (Å²) in [5.74, 6) is 0. The topological polar surface area (TPSA) is 47.3 Å². The van der Waals surface area contributed by atoms with E-state index in [1.807, 2.05) is 0 Å². The van der Waals surface area contributed by atoms with Crippen molar-refractivity contribution in [1.29, 1.82) is 0 Å². The van der Waals surface area contributed by atoms with Crippen LogP contribution in [-0.2, 0) is 4.74 Å². The van der Waals surface area contributed by atoms with Crippen LogP contribution in [-0.4, -0.2) is 25.8 Å². The van der Waals surface area contributed by atoms with Crippen molar-refractivity contribution >= 4 is 0 Å². The Morgan fingerprint density at radius 2 is 2.11 bits per heavy atom. The van der Waals surface area contributed by atoms with Gasteiger partial charge in [0.25, 0.3) is 0 Å².